The maximum atomic E-state index is 13.1. The van der Waals surface area contributed by atoms with E-state index in [0.717, 1.165) is 24.8 Å². The molecule has 1 aliphatic rings. The minimum Gasteiger partial charge on any atom is -0.756 e. The molecule has 0 unspecified atom stereocenters. The van der Waals surface area contributed by atoms with Crippen LogP contribution in [-0.4, -0.2) is 57.3 Å². The summed E-state index contributed by atoms with van der Waals surface area (Å²) in [5.41, 5.74) is -0.153. The van der Waals surface area contributed by atoms with Crippen LogP contribution in [0.2, 0.25) is 0 Å². The van der Waals surface area contributed by atoms with Crippen molar-refractivity contribution in [2.75, 3.05) is 13.1 Å². The van der Waals surface area contributed by atoms with Gasteiger partial charge < -0.3 is 20.4 Å². The number of pyridine rings is 1. The van der Waals surface area contributed by atoms with Crippen molar-refractivity contribution in [2.24, 2.45) is 10.9 Å². The minimum absolute atomic E-state index is 0.128. The first-order chi connectivity index (χ1) is 13.4. The Balaban J connectivity index is 2.20. The van der Waals surface area contributed by atoms with Crippen molar-refractivity contribution in [2.45, 2.75) is 45.1 Å². The monoisotopic (exact) mass is 395 g/mol. The van der Waals surface area contributed by atoms with E-state index in [1.807, 2.05) is 6.92 Å². The van der Waals surface area contributed by atoms with Crippen LogP contribution in [0.25, 0.3) is 0 Å². The van der Waals surface area contributed by atoms with Gasteiger partial charge in [0.05, 0.1) is 12.1 Å². The molecule has 0 aliphatic carbocycles. The molecule has 0 saturated carbocycles. The van der Waals surface area contributed by atoms with Crippen LogP contribution in [-0.2, 0) is 14.4 Å². The largest absolute Gasteiger partial charge is 0.756 e. The number of halogens is 1. The van der Waals surface area contributed by atoms with Crippen LogP contribution < -0.4 is 5.49 Å². The van der Waals surface area contributed by atoms with Crippen LogP contribution in [0.4, 0.5) is 4.39 Å². The molecule has 0 spiro atoms. The summed E-state index contributed by atoms with van der Waals surface area (Å²) in [6, 6.07) is 1.38. The number of hydrogen-bond acceptors (Lipinski definition) is 5. The molecule has 2 heterocycles. The minimum atomic E-state index is -0.821. The topological polar surface area (TPSA) is 118 Å². The first kappa shape index (κ1) is 21.5. The third-order valence-electron chi connectivity index (χ3n) is 4.69. The fraction of sp³-hybridized carbons (Fsp3) is 0.556. The molecule has 9 nitrogen and oxygen atoms in total. The van der Waals surface area contributed by atoms with Gasteiger partial charge in [-0.15, -0.1) is 0 Å². The second-order valence-electron chi connectivity index (χ2n) is 6.73. The SMILES string of the molecule is CCCC[C@@H](CN([O-])C=O)C(=O)N1CCC[C@H]1C(=O)N=c1ccc(F)cn1O. The first-order valence-corrected chi connectivity index (χ1v) is 9.23. The highest BCUT2D eigenvalue weighted by Gasteiger charge is 2.36. The summed E-state index contributed by atoms with van der Waals surface area (Å²) in [5, 5.41) is 21.3. The first-order valence-electron chi connectivity index (χ1n) is 9.23. The maximum Gasteiger partial charge on any atom is 0.270 e. The summed E-state index contributed by atoms with van der Waals surface area (Å²) >= 11 is 0. The van der Waals surface area contributed by atoms with E-state index in [1.165, 1.54) is 4.90 Å². The Labute approximate surface area is 161 Å². The van der Waals surface area contributed by atoms with Gasteiger partial charge in [0.25, 0.3) is 5.91 Å². The molecule has 3 amide bonds. The Morgan fingerprint density at radius 3 is 2.89 bits per heavy atom. The quantitative estimate of drug-likeness (QED) is 0.401. The van der Waals surface area contributed by atoms with Gasteiger partial charge in [-0.05, 0) is 31.4 Å². The summed E-state index contributed by atoms with van der Waals surface area (Å²) < 4.78 is 13.5. The van der Waals surface area contributed by atoms with E-state index >= 15 is 0 Å². The van der Waals surface area contributed by atoms with E-state index < -0.39 is 23.7 Å². The number of likely N-dealkylation sites (tertiary alicyclic amines) is 1. The molecular weight excluding hydrogens is 371 g/mol. The average molecular weight is 395 g/mol. The zero-order chi connectivity index (χ0) is 20.7. The molecule has 0 bridgehead atoms. The number of carbonyl (C=O) groups excluding carboxylic acids is 3. The lowest BCUT2D eigenvalue weighted by molar-refractivity contribution is -0.141. The van der Waals surface area contributed by atoms with Gasteiger partial charge in [-0.2, -0.15) is 9.72 Å². The molecule has 1 aromatic heterocycles. The van der Waals surface area contributed by atoms with Crippen LogP contribution in [0.3, 0.4) is 0 Å². The van der Waals surface area contributed by atoms with Gasteiger partial charge in [0.2, 0.25) is 5.91 Å². The number of unbranched alkanes of at least 4 members (excludes halogenated alkanes) is 1. The number of rotatable bonds is 8. The molecule has 10 heteroatoms. The lowest BCUT2D eigenvalue weighted by Crippen LogP contribution is -2.45. The van der Waals surface area contributed by atoms with E-state index in [9.17, 15) is 29.2 Å². The number of nitrogens with zero attached hydrogens (tertiary/aromatic N) is 4. The van der Waals surface area contributed by atoms with Gasteiger partial charge in [-0.3, -0.25) is 14.4 Å². The van der Waals surface area contributed by atoms with Crippen molar-refractivity contribution >= 4 is 18.2 Å². The normalized spacial score (nSPS) is 18.2. The van der Waals surface area contributed by atoms with Crippen molar-refractivity contribution in [3.63, 3.8) is 0 Å². The molecule has 1 saturated heterocycles. The van der Waals surface area contributed by atoms with Crippen LogP contribution >= 0.6 is 0 Å². The molecule has 1 fully saturated rings. The summed E-state index contributed by atoms with van der Waals surface area (Å²) in [4.78, 5) is 41.3. The van der Waals surface area contributed by atoms with Gasteiger partial charge in [0, 0.05) is 13.1 Å². The molecule has 1 N–H and O–H groups in total. The van der Waals surface area contributed by atoms with Crippen molar-refractivity contribution in [3.05, 3.63) is 34.8 Å². The molecule has 2 rings (SSSR count). The molecular formula is C18H24FN4O5-. The Morgan fingerprint density at radius 2 is 2.25 bits per heavy atom. The van der Waals surface area contributed by atoms with Crippen molar-refractivity contribution in [1.82, 2.24) is 14.7 Å². The number of hydrogen-bond donors (Lipinski definition) is 1. The number of hydroxylamine groups is 2. The smallest absolute Gasteiger partial charge is 0.270 e. The van der Waals surface area contributed by atoms with Gasteiger partial charge in [-0.25, -0.2) is 4.39 Å². The average Bonchev–Trinajstić information content (AvgIpc) is 3.16. The summed E-state index contributed by atoms with van der Waals surface area (Å²) in [6.45, 7) is 2.03. The Bertz CT molecular complexity index is 781. The summed E-state index contributed by atoms with van der Waals surface area (Å²) in [7, 11) is 0. The van der Waals surface area contributed by atoms with Crippen molar-refractivity contribution in [1.29, 1.82) is 0 Å². The van der Waals surface area contributed by atoms with E-state index in [-0.39, 0.29) is 29.4 Å². The Hall–Kier alpha value is -2.75. The van der Waals surface area contributed by atoms with Crippen LogP contribution in [0, 0.1) is 16.9 Å². The third-order valence-corrected chi connectivity index (χ3v) is 4.69. The van der Waals surface area contributed by atoms with Gasteiger partial charge in [0.15, 0.2) is 11.9 Å². The molecule has 28 heavy (non-hydrogen) atoms. The molecule has 1 aromatic rings. The van der Waals surface area contributed by atoms with E-state index in [4.69, 9.17) is 0 Å². The van der Waals surface area contributed by atoms with Gasteiger partial charge in [-0.1, -0.05) is 19.8 Å². The molecule has 154 valence electrons. The van der Waals surface area contributed by atoms with Crippen LogP contribution in [0.15, 0.2) is 23.3 Å². The third kappa shape index (κ3) is 5.38. The highest BCUT2D eigenvalue weighted by molar-refractivity contribution is 5.89. The van der Waals surface area contributed by atoms with Crippen molar-refractivity contribution < 1.29 is 24.0 Å². The Kier molecular flexibility index (Phi) is 7.68. The summed E-state index contributed by atoms with van der Waals surface area (Å²) in [6.07, 6.45) is 3.86. The molecule has 1 aliphatic heterocycles. The molecule has 2 atom stereocenters. The second kappa shape index (κ2) is 9.98. The number of amides is 3. The zero-order valence-electron chi connectivity index (χ0n) is 15.7. The summed E-state index contributed by atoms with van der Waals surface area (Å²) in [5.74, 6) is -2.38. The zero-order valence-corrected chi connectivity index (χ0v) is 15.7. The fourth-order valence-electron chi connectivity index (χ4n) is 3.26. The van der Waals surface area contributed by atoms with Gasteiger partial charge >= 0.3 is 0 Å². The second-order valence-corrected chi connectivity index (χ2v) is 6.73. The predicted octanol–water partition coefficient (Wildman–Crippen LogP) is 1.05. The number of aromatic nitrogens is 1. The van der Waals surface area contributed by atoms with E-state index in [0.29, 0.717) is 37.0 Å². The molecule has 0 aromatic carbocycles. The number of carbonyl (C=O) groups is 3. The lowest BCUT2D eigenvalue weighted by Gasteiger charge is -2.32. The lowest BCUT2D eigenvalue weighted by atomic mass is 9.99. The predicted molar refractivity (Wildman–Crippen MR) is 96.0 cm³/mol. The maximum absolute atomic E-state index is 13.1. The highest BCUT2D eigenvalue weighted by Crippen LogP contribution is 2.23. The van der Waals surface area contributed by atoms with Crippen molar-refractivity contribution in [3.8, 4) is 0 Å². The van der Waals surface area contributed by atoms with E-state index in [1.54, 1.807) is 0 Å². The van der Waals surface area contributed by atoms with Gasteiger partial charge in [0.1, 0.15) is 11.9 Å². The standard InChI is InChI=1S/C18H24FN4O5/c1-2-3-5-13(10-21(27)12-24)18(26)22-9-4-6-15(22)17(25)20-16-8-7-14(19)11-23(16)28/h7-8,11-13,15,28H,2-6,9-10H2,1H3/q-1/t13-,15-/m0/s1. The highest BCUT2D eigenvalue weighted by atomic mass is 19.1. The Morgan fingerprint density at radius 1 is 1.50 bits per heavy atom. The van der Waals surface area contributed by atoms with Crippen LogP contribution in [0.1, 0.15) is 39.0 Å². The van der Waals surface area contributed by atoms with E-state index in [2.05, 4.69) is 4.99 Å². The molecule has 0 radical (unpaired) electrons. The fourth-order valence-corrected chi connectivity index (χ4v) is 3.26. The van der Waals surface area contributed by atoms with Crippen LogP contribution in [0.5, 0.6) is 0 Å².